The number of nitrogens with one attached hydrogen (secondary N) is 1. The summed E-state index contributed by atoms with van der Waals surface area (Å²) < 4.78 is 0. The Kier molecular flexibility index (Phi) is 4.14. The highest BCUT2D eigenvalue weighted by Gasteiger charge is 2.20. The van der Waals surface area contributed by atoms with Crippen LogP contribution < -0.4 is 5.73 Å². The number of hydrogen-bond donors (Lipinski definition) is 2. The summed E-state index contributed by atoms with van der Waals surface area (Å²) in [5.74, 6) is 1.15. The Morgan fingerprint density at radius 1 is 1.35 bits per heavy atom. The van der Waals surface area contributed by atoms with Gasteiger partial charge in [-0.1, -0.05) is 29.8 Å². The molecule has 0 saturated carbocycles. The molecule has 1 heterocycles. The topological polar surface area (TPSA) is 87.9 Å². The van der Waals surface area contributed by atoms with Crippen molar-refractivity contribution >= 4 is 5.91 Å². The molecule has 1 unspecified atom stereocenters. The summed E-state index contributed by atoms with van der Waals surface area (Å²) in [6, 6.07) is 6.98. The van der Waals surface area contributed by atoms with Gasteiger partial charge in [-0.2, -0.15) is 5.10 Å². The number of nitrogens with zero attached hydrogens (tertiary/aromatic N) is 3. The van der Waals surface area contributed by atoms with Crippen LogP contribution in [-0.4, -0.2) is 33.0 Å². The van der Waals surface area contributed by atoms with E-state index in [-0.39, 0.29) is 5.91 Å². The van der Waals surface area contributed by atoms with E-state index < -0.39 is 6.04 Å². The van der Waals surface area contributed by atoms with E-state index in [0.717, 1.165) is 17.0 Å². The molecule has 2 rings (SSSR count). The Bertz CT molecular complexity index is 590. The van der Waals surface area contributed by atoms with Gasteiger partial charge in [0.1, 0.15) is 11.9 Å². The van der Waals surface area contributed by atoms with Gasteiger partial charge in [-0.25, -0.2) is 4.98 Å². The van der Waals surface area contributed by atoms with Gasteiger partial charge in [0, 0.05) is 7.05 Å². The zero-order valence-corrected chi connectivity index (χ0v) is 11.9. The number of aryl methyl sites for hydroxylation is 2. The summed E-state index contributed by atoms with van der Waals surface area (Å²) in [6.07, 6.45) is 0. The average molecular weight is 273 g/mol. The quantitative estimate of drug-likeness (QED) is 0.872. The maximum absolute atomic E-state index is 12.3. The normalized spacial score (nSPS) is 12.2. The second-order valence-electron chi connectivity index (χ2n) is 4.92. The van der Waals surface area contributed by atoms with Crippen LogP contribution >= 0.6 is 0 Å². The summed E-state index contributed by atoms with van der Waals surface area (Å²) in [6.45, 7) is 4.15. The van der Waals surface area contributed by atoms with Crippen molar-refractivity contribution in [1.29, 1.82) is 0 Å². The second-order valence-corrected chi connectivity index (χ2v) is 4.92. The molecule has 0 fully saturated rings. The van der Waals surface area contributed by atoms with Crippen LogP contribution in [0.5, 0.6) is 0 Å². The molecule has 0 aliphatic heterocycles. The fraction of sp³-hybridized carbons (Fsp3) is 0.357. The van der Waals surface area contributed by atoms with Crippen LogP contribution in [0.4, 0.5) is 0 Å². The maximum Gasteiger partial charge on any atom is 0.244 e. The van der Waals surface area contributed by atoms with Crippen molar-refractivity contribution in [2.45, 2.75) is 26.4 Å². The van der Waals surface area contributed by atoms with Crippen LogP contribution in [0.3, 0.4) is 0 Å². The van der Waals surface area contributed by atoms with Crippen LogP contribution in [0.1, 0.15) is 28.8 Å². The smallest absolute Gasteiger partial charge is 0.244 e. The molecule has 0 radical (unpaired) electrons. The Hall–Kier alpha value is -2.21. The van der Waals surface area contributed by atoms with Gasteiger partial charge in [0.25, 0.3) is 0 Å². The molecule has 1 amide bonds. The number of carbonyl (C=O) groups is 1. The van der Waals surface area contributed by atoms with Crippen molar-refractivity contribution in [1.82, 2.24) is 20.1 Å². The van der Waals surface area contributed by atoms with E-state index >= 15 is 0 Å². The molecule has 1 aromatic carbocycles. The Labute approximate surface area is 118 Å². The monoisotopic (exact) mass is 273 g/mol. The third kappa shape index (κ3) is 3.21. The van der Waals surface area contributed by atoms with E-state index in [9.17, 15) is 4.79 Å². The lowest BCUT2D eigenvalue weighted by atomic mass is 10.0. The highest BCUT2D eigenvalue weighted by atomic mass is 16.2. The van der Waals surface area contributed by atoms with E-state index in [1.165, 1.54) is 4.90 Å². The Morgan fingerprint density at radius 2 is 2.00 bits per heavy atom. The van der Waals surface area contributed by atoms with E-state index in [4.69, 9.17) is 5.73 Å². The summed E-state index contributed by atoms with van der Waals surface area (Å²) in [5.41, 5.74) is 7.95. The average Bonchev–Trinajstić information content (AvgIpc) is 2.83. The molecule has 0 saturated heterocycles. The van der Waals surface area contributed by atoms with Crippen LogP contribution in [0.25, 0.3) is 0 Å². The zero-order valence-electron chi connectivity index (χ0n) is 11.9. The molecule has 6 nitrogen and oxygen atoms in total. The molecule has 3 N–H and O–H groups in total. The number of nitrogens with two attached hydrogens (primary N) is 1. The van der Waals surface area contributed by atoms with Crippen LogP contribution in [0.15, 0.2) is 24.3 Å². The number of carbonyl (C=O) groups excluding carboxylic acids is 1. The lowest BCUT2D eigenvalue weighted by Gasteiger charge is -2.20. The van der Waals surface area contributed by atoms with Crippen molar-refractivity contribution in [3.8, 4) is 0 Å². The lowest BCUT2D eigenvalue weighted by Crippen LogP contribution is -2.35. The minimum Gasteiger partial charge on any atom is -0.336 e. The van der Waals surface area contributed by atoms with Crippen LogP contribution in [0, 0.1) is 13.8 Å². The number of rotatable bonds is 4. The van der Waals surface area contributed by atoms with Crippen molar-refractivity contribution in [3.05, 3.63) is 47.0 Å². The Morgan fingerprint density at radius 3 is 2.55 bits per heavy atom. The van der Waals surface area contributed by atoms with Gasteiger partial charge in [-0.3, -0.25) is 9.89 Å². The lowest BCUT2D eigenvalue weighted by molar-refractivity contribution is -0.132. The molecule has 0 aliphatic carbocycles. The fourth-order valence-corrected chi connectivity index (χ4v) is 1.90. The molecule has 2 aromatic rings. The van der Waals surface area contributed by atoms with Gasteiger partial charge in [0.15, 0.2) is 5.82 Å². The minimum absolute atomic E-state index is 0.156. The number of hydrogen-bond acceptors (Lipinski definition) is 4. The molecule has 0 bridgehead atoms. The molecule has 106 valence electrons. The number of amides is 1. The maximum atomic E-state index is 12.3. The molecule has 20 heavy (non-hydrogen) atoms. The van der Waals surface area contributed by atoms with Gasteiger partial charge in [-0.05, 0) is 19.4 Å². The number of aromatic amines is 1. The van der Waals surface area contributed by atoms with Gasteiger partial charge in [0.2, 0.25) is 5.91 Å². The molecular weight excluding hydrogens is 254 g/mol. The zero-order chi connectivity index (χ0) is 14.7. The first-order valence-corrected chi connectivity index (χ1v) is 6.42. The number of benzene rings is 1. The van der Waals surface area contributed by atoms with Crippen molar-refractivity contribution in [3.63, 3.8) is 0 Å². The highest BCUT2D eigenvalue weighted by molar-refractivity contribution is 5.82. The molecular formula is C14H19N5O. The first kappa shape index (κ1) is 14.2. The van der Waals surface area contributed by atoms with Gasteiger partial charge in [0.05, 0.1) is 6.54 Å². The summed E-state index contributed by atoms with van der Waals surface area (Å²) in [4.78, 5) is 18.0. The van der Waals surface area contributed by atoms with Crippen LogP contribution in [-0.2, 0) is 11.3 Å². The summed E-state index contributed by atoms with van der Waals surface area (Å²) in [5, 5.41) is 6.76. The van der Waals surface area contributed by atoms with E-state index in [1.54, 1.807) is 7.05 Å². The van der Waals surface area contributed by atoms with Gasteiger partial charge < -0.3 is 10.6 Å². The largest absolute Gasteiger partial charge is 0.336 e. The van der Waals surface area contributed by atoms with Crippen molar-refractivity contribution in [2.75, 3.05) is 7.05 Å². The molecule has 0 aliphatic rings. The third-order valence-corrected chi connectivity index (χ3v) is 3.10. The number of aromatic nitrogens is 3. The second kappa shape index (κ2) is 5.83. The van der Waals surface area contributed by atoms with Crippen molar-refractivity contribution < 1.29 is 4.79 Å². The van der Waals surface area contributed by atoms with E-state index in [2.05, 4.69) is 15.2 Å². The number of H-pyrrole nitrogens is 1. The van der Waals surface area contributed by atoms with Gasteiger partial charge in [-0.15, -0.1) is 0 Å². The van der Waals surface area contributed by atoms with Crippen molar-refractivity contribution in [2.24, 2.45) is 5.73 Å². The number of likely N-dealkylation sites (N-methyl/N-ethyl adjacent to an activating group) is 1. The molecule has 1 atom stereocenters. The third-order valence-electron chi connectivity index (χ3n) is 3.10. The fourth-order valence-electron chi connectivity index (χ4n) is 1.90. The van der Waals surface area contributed by atoms with E-state index in [1.807, 2.05) is 38.1 Å². The predicted molar refractivity (Wildman–Crippen MR) is 75.7 cm³/mol. The van der Waals surface area contributed by atoms with Crippen LogP contribution in [0.2, 0.25) is 0 Å². The molecule has 6 heteroatoms. The molecule has 1 aromatic heterocycles. The predicted octanol–water partition coefficient (Wildman–Crippen LogP) is 1.08. The summed E-state index contributed by atoms with van der Waals surface area (Å²) >= 11 is 0. The van der Waals surface area contributed by atoms with E-state index in [0.29, 0.717) is 12.4 Å². The first-order valence-electron chi connectivity index (χ1n) is 6.42. The first-order chi connectivity index (χ1) is 9.47. The molecule has 0 spiro atoms. The SMILES string of the molecule is Cc1ccc(C(N)C(=O)N(C)Cc2n[nH]c(C)n2)cc1. The minimum atomic E-state index is -0.666. The Balaban J connectivity index is 2.04. The summed E-state index contributed by atoms with van der Waals surface area (Å²) in [7, 11) is 1.70. The highest BCUT2D eigenvalue weighted by Crippen LogP contribution is 2.14. The van der Waals surface area contributed by atoms with Gasteiger partial charge >= 0.3 is 0 Å². The standard InChI is InChI=1S/C14H19N5O/c1-9-4-6-11(7-5-9)13(15)14(20)19(3)8-12-16-10(2)17-18-12/h4-7,13H,8,15H2,1-3H3,(H,16,17,18).